The monoisotopic (exact) mass is 650 g/mol. The molecule has 266 valence electrons. The van der Waals surface area contributed by atoms with Crippen LogP contribution in [-0.2, 0) is 24.0 Å². The van der Waals surface area contributed by atoms with E-state index in [0.717, 1.165) is 0 Å². The lowest BCUT2D eigenvalue weighted by molar-refractivity contribution is -0.156. The molecule has 0 bridgehead atoms. The van der Waals surface area contributed by atoms with E-state index in [0.29, 0.717) is 19.3 Å². The predicted molar refractivity (Wildman–Crippen MR) is 185 cm³/mol. The number of aliphatic hydroxyl groups is 1. The largest absolute Gasteiger partial charge is 0.390 e. The number of aliphatic hydroxyl groups excluding tert-OH is 1. The van der Waals surface area contributed by atoms with Gasteiger partial charge in [-0.1, -0.05) is 88.3 Å². The van der Waals surface area contributed by atoms with Crippen molar-refractivity contribution in [2.24, 2.45) is 35.5 Å². The number of hydrogen-bond donors (Lipinski definition) is 2. The highest BCUT2D eigenvalue weighted by Gasteiger charge is 2.43. The molecule has 0 saturated heterocycles. The summed E-state index contributed by atoms with van der Waals surface area (Å²) in [5.41, 5.74) is 0. The summed E-state index contributed by atoms with van der Waals surface area (Å²) >= 11 is 0. The minimum Gasteiger partial charge on any atom is -0.390 e. The molecule has 0 heterocycles. The van der Waals surface area contributed by atoms with Crippen LogP contribution in [0.5, 0.6) is 0 Å². The van der Waals surface area contributed by atoms with Crippen molar-refractivity contribution in [1.29, 1.82) is 0 Å². The van der Waals surface area contributed by atoms with E-state index in [1.165, 1.54) is 21.7 Å². The summed E-state index contributed by atoms with van der Waals surface area (Å²) < 4.78 is 0. The summed E-state index contributed by atoms with van der Waals surface area (Å²) in [6.07, 6.45) is 3.75. The maximum Gasteiger partial charge on any atom is 0.246 e. The van der Waals surface area contributed by atoms with E-state index >= 15 is 0 Å². The van der Waals surface area contributed by atoms with Crippen LogP contribution in [0.15, 0.2) is 12.2 Å². The molecule has 0 aliphatic carbocycles. The van der Waals surface area contributed by atoms with E-state index in [9.17, 15) is 29.1 Å². The van der Waals surface area contributed by atoms with Crippen molar-refractivity contribution in [2.45, 2.75) is 133 Å². The highest BCUT2D eigenvalue weighted by Crippen LogP contribution is 2.24. The highest BCUT2D eigenvalue weighted by molar-refractivity contribution is 5.96. The van der Waals surface area contributed by atoms with Crippen molar-refractivity contribution in [2.75, 3.05) is 21.1 Å². The minimum absolute atomic E-state index is 0.0826. The Balaban J connectivity index is 6.72. The van der Waals surface area contributed by atoms with Crippen LogP contribution in [-0.4, -0.2) is 101 Å². The lowest BCUT2D eigenvalue weighted by atomic mass is 9.88. The van der Waals surface area contributed by atoms with Crippen LogP contribution in [0.3, 0.4) is 0 Å². The summed E-state index contributed by atoms with van der Waals surface area (Å²) in [5, 5.41) is 14.4. The number of ketones is 1. The van der Waals surface area contributed by atoms with Crippen LogP contribution in [0, 0.1) is 35.5 Å². The molecule has 10 heteroatoms. The molecule has 0 fully saturated rings. The molecule has 0 spiro atoms. The van der Waals surface area contributed by atoms with E-state index in [2.05, 4.69) is 5.32 Å². The molecular weight excluding hydrogens is 584 g/mol. The summed E-state index contributed by atoms with van der Waals surface area (Å²) in [4.78, 5) is 72.6. The van der Waals surface area contributed by atoms with E-state index < -0.39 is 48.0 Å². The average Bonchev–Trinajstić information content (AvgIpc) is 2.98. The van der Waals surface area contributed by atoms with Crippen molar-refractivity contribution in [3.63, 3.8) is 0 Å². The van der Waals surface area contributed by atoms with Crippen LogP contribution in [0.1, 0.15) is 102 Å². The fraction of sp³-hybridized carbons (Fsp3) is 0.806. The van der Waals surface area contributed by atoms with Crippen LogP contribution < -0.4 is 5.32 Å². The van der Waals surface area contributed by atoms with Gasteiger partial charge in [0.25, 0.3) is 0 Å². The fourth-order valence-electron chi connectivity index (χ4n) is 5.69. The van der Waals surface area contributed by atoms with Crippen LogP contribution in [0.4, 0.5) is 0 Å². The van der Waals surface area contributed by atoms with Crippen LogP contribution >= 0.6 is 0 Å². The molecule has 2 N–H and O–H groups in total. The molecule has 0 aromatic heterocycles. The molecule has 4 amide bonds. The number of allylic oxidation sites excluding steroid dienone is 2. The molecule has 10 nitrogen and oxygen atoms in total. The van der Waals surface area contributed by atoms with Crippen molar-refractivity contribution in [3.8, 4) is 0 Å². The fourth-order valence-corrected chi connectivity index (χ4v) is 5.69. The Bertz CT molecular complexity index is 1040. The van der Waals surface area contributed by atoms with E-state index in [-0.39, 0.29) is 47.2 Å². The van der Waals surface area contributed by atoms with Gasteiger partial charge >= 0.3 is 0 Å². The number of hydrogen-bond acceptors (Lipinski definition) is 6. The maximum atomic E-state index is 14.3. The summed E-state index contributed by atoms with van der Waals surface area (Å²) in [7, 11) is 4.64. The minimum atomic E-state index is -1.31. The summed E-state index contributed by atoms with van der Waals surface area (Å²) in [6.45, 7) is 22.4. The molecule has 0 saturated carbocycles. The van der Waals surface area contributed by atoms with E-state index in [1.807, 2.05) is 74.5 Å². The van der Waals surface area contributed by atoms with Gasteiger partial charge < -0.3 is 25.1 Å². The maximum absolute atomic E-state index is 14.3. The van der Waals surface area contributed by atoms with Crippen molar-refractivity contribution in [3.05, 3.63) is 12.2 Å². The van der Waals surface area contributed by atoms with Crippen molar-refractivity contribution >= 4 is 29.4 Å². The van der Waals surface area contributed by atoms with E-state index in [4.69, 9.17) is 0 Å². The second-order valence-corrected chi connectivity index (χ2v) is 14.5. The zero-order valence-corrected chi connectivity index (χ0v) is 31.5. The number of nitrogens with zero attached hydrogens (tertiary/aromatic N) is 3. The van der Waals surface area contributed by atoms with Gasteiger partial charge in [0.1, 0.15) is 18.1 Å². The Morgan fingerprint density at radius 3 is 1.67 bits per heavy atom. The standard InChI is InChI=1S/C36H66N4O6/c1-16-18-19-25(11)31(41)30(33(43)37-27(17-2)32(42)26(12)22(5)6)40(15)36(46)29(23(7)8)39(14)35(45)28(20-21(3)4)38(13)34(44)24(9)10/h16,18,21-31,41H,17,19-20H2,1-15H3,(H,37,43)/b18-16+. The molecule has 0 aliphatic rings. The molecule has 0 aromatic carbocycles. The van der Waals surface area contributed by atoms with Gasteiger partial charge in [-0.3, -0.25) is 24.0 Å². The number of amides is 4. The zero-order chi connectivity index (χ0) is 36.2. The van der Waals surface area contributed by atoms with Crippen LogP contribution in [0.2, 0.25) is 0 Å². The van der Waals surface area contributed by atoms with Gasteiger partial charge in [-0.2, -0.15) is 0 Å². The average molecular weight is 651 g/mol. The number of rotatable bonds is 19. The Hall–Kier alpha value is -2.75. The Kier molecular flexibility index (Phi) is 18.6. The number of Topliss-reactive ketones (excluding diaryl/α,β-unsaturated/α-hetero) is 1. The Morgan fingerprint density at radius 1 is 0.739 bits per heavy atom. The molecule has 0 radical (unpaired) electrons. The van der Waals surface area contributed by atoms with Gasteiger partial charge in [-0.15, -0.1) is 0 Å². The zero-order valence-electron chi connectivity index (χ0n) is 31.5. The lowest BCUT2D eigenvalue weighted by Crippen LogP contribution is -2.63. The summed E-state index contributed by atoms with van der Waals surface area (Å²) in [6, 6.07) is -3.84. The first kappa shape index (κ1) is 43.2. The molecular formula is C36H66N4O6. The van der Waals surface area contributed by atoms with Gasteiger partial charge in [-0.25, -0.2) is 0 Å². The first-order valence-electron chi connectivity index (χ1n) is 17.1. The number of carbonyl (C=O) groups is 5. The van der Waals surface area contributed by atoms with Gasteiger partial charge in [0.15, 0.2) is 5.78 Å². The molecule has 7 atom stereocenters. The van der Waals surface area contributed by atoms with Crippen molar-refractivity contribution in [1.82, 2.24) is 20.0 Å². The van der Waals surface area contributed by atoms with Gasteiger partial charge in [0.05, 0.1) is 12.1 Å². The van der Waals surface area contributed by atoms with Crippen LogP contribution in [0.25, 0.3) is 0 Å². The van der Waals surface area contributed by atoms with Crippen molar-refractivity contribution < 1.29 is 29.1 Å². The first-order chi connectivity index (χ1) is 21.2. The summed E-state index contributed by atoms with van der Waals surface area (Å²) in [5.74, 6) is -2.92. The quantitative estimate of drug-likeness (QED) is 0.198. The Labute approximate surface area is 279 Å². The predicted octanol–water partition coefficient (Wildman–Crippen LogP) is 4.54. The molecule has 0 aliphatic heterocycles. The highest BCUT2D eigenvalue weighted by atomic mass is 16.3. The first-order valence-corrected chi connectivity index (χ1v) is 17.1. The van der Waals surface area contributed by atoms with E-state index in [1.54, 1.807) is 34.9 Å². The SMILES string of the molecule is C/C=C/CC(C)C(O)C(C(=O)NC(CC)C(=O)C(C)C(C)C)N(C)C(=O)C(C(C)C)N(C)C(=O)C(CC(C)C)N(C)C(=O)C(C)C. The number of likely N-dealkylation sites (N-methyl/N-ethyl adjacent to an activating group) is 3. The third-order valence-electron chi connectivity index (χ3n) is 9.14. The topological polar surface area (TPSA) is 127 Å². The normalized spacial score (nSPS) is 16.6. The molecule has 46 heavy (non-hydrogen) atoms. The molecule has 0 aromatic rings. The number of carbonyl (C=O) groups excluding carboxylic acids is 5. The Morgan fingerprint density at radius 2 is 1.26 bits per heavy atom. The third kappa shape index (κ3) is 11.8. The second-order valence-electron chi connectivity index (χ2n) is 14.5. The third-order valence-corrected chi connectivity index (χ3v) is 9.14. The van der Waals surface area contributed by atoms with Gasteiger partial charge in [0, 0.05) is 33.0 Å². The second kappa shape index (κ2) is 19.8. The van der Waals surface area contributed by atoms with Gasteiger partial charge in [-0.05, 0) is 49.9 Å². The van der Waals surface area contributed by atoms with Gasteiger partial charge in [0.2, 0.25) is 23.6 Å². The smallest absolute Gasteiger partial charge is 0.246 e. The molecule has 7 unspecified atom stereocenters. The lowest BCUT2D eigenvalue weighted by Gasteiger charge is -2.41. The molecule has 0 rings (SSSR count). The number of nitrogens with one attached hydrogen (secondary N) is 1.